The van der Waals surface area contributed by atoms with Crippen molar-refractivity contribution in [1.29, 1.82) is 0 Å². The summed E-state index contributed by atoms with van der Waals surface area (Å²) in [5.74, 6) is 0.394. The second-order valence-corrected chi connectivity index (χ2v) is 4.62. The molecule has 0 amide bonds. The maximum atomic E-state index is 11.0. The highest BCUT2D eigenvalue weighted by atomic mass is 16.6. The molecule has 1 saturated carbocycles. The van der Waals surface area contributed by atoms with Crippen LogP contribution in [0.15, 0.2) is 6.20 Å². The van der Waals surface area contributed by atoms with Crippen LogP contribution >= 0.6 is 0 Å². The van der Waals surface area contributed by atoms with Crippen LogP contribution in [0.1, 0.15) is 38.5 Å². The lowest BCUT2D eigenvalue weighted by molar-refractivity contribution is -0.386. The van der Waals surface area contributed by atoms with E-state index in [9.17, 15) is 10.1 Å². The van der Waals surface area contributed by atoms with Crippen LogP contribution in [0.3, 0.4) is 0 Å². The van der Waals surface area contributed by atoms with Crippen molar-refractivity contribution >= 4 is 11.6 Å². The summed E-state index contributed by atoms with van der Waals surface area (Å²) in [5, 5.41) is 13.7. The third-order valence-corrected chi connectivity index (χ3v) is 3.24. The minimum atomic E-state index is -0.508. The SMILES string of the molecule is CNc1ncc([N+](=O)[O-])c(OC2CCCCCC2)n1. The van der Waals surface area contributed by atoms with Gasteiger partial charge in [0.05, 0.1) is 4.92 Å². The van der Waals surface area contributed by atoms with Crippen molar-refractivity contribution < 1.29 is 9.66 Å². The number of hydrogen-bond donors (Lipinski definition) is 1. The number of anilines is 1. The molecule has 19 heavy (non-hydrogen) atoms. The van der Waals surface area contributed by atoms with Gasteiger partial charge in [-0.2, -0.15) is 4.98 Å². The molecule has 1 aromatic heterocycles. The summed E-state index contributed by atoms with van der Waals surface area (Å²) in [7, 11) is 1.66. The molecule has 0 saturated heterocycles. The van der Waals surface area contributed by atoms with Crippen molar-refractivity contribution in [2.45, 2.75) is 44.6 Å². The lowest BCUT2D eigenvalue weighted by atomic mass is 10.1. The van der Waals surface area contributed by atoms with Crippen molar-refractivity contribution in [2.75, 3.05) is 12.4 Å². The summed E-state index contributed by atoms with van der Waals surface area (Å²) in [6.07, 6.45) is 7.66. The second kappa shape index (κ2) is 6.31. The average Bonchev–Trinajstić information content (AvgIpc) is 2.67. The van der Waals surface area contributed by atoms with Gasteiger partial charge in [0.15, 0.2) is 0 Å². The third kappa shape index (κ3) is 3.52. The first kappa shape index (κ1) is 13.5. The summed E-state index contributed by atoms with van der Waals surface area (Å²) in [6, 6.07) is 0. The van der Waals surface area contributed by atoms with E-state index in [4.69, 9.17) is 4.74 Å². The highest BCUT2D eigenvalue weighted by Gasteiger charge is 2.23. The fourth-order valence-corrected chi connectivity index (χ4v) is 2.21. The number of rotatable bonds is 4. The van der Waals surface area contributed by atoms with E-state index in [-0.39, 0.29) is 17.7 Å². The monoisotopic (exact) mass is 266 g/mol. The molecular formula is C12H18N4O3. The second-order valence-electron chi connectivity index (χ2n) is 4.62. The van der Waals surface area contributed by atoms with E-state index >= 15 is 0 Å². The smallest absolute Gasteiger partial charge is 0.349 e. The van der Waals surface area contributed by atoms with Gasteiger partial charge in [-0.1, -0.05) is 12.8 Å². The Morgan fingerprint density at radius 2 is 2.05 bits per heavy atom. The predicted molar refractivity (Wildman–Crippen MR) is 70.4 cm³/mol. The van der Waals surface area contributed by atoms with E-state index in [1.165, 1.54) is 19.0 Å². The summed E-state index contributed by atoms with van der Waals surface area (Å²) in [6.45, 7) is 0. The maximum absolute atomic E-state index is 11.0. The molecule has 1 fully saturated rings. The van der Waals surface area contributed by atoms with Gasteiger partial charge in [-0.25, -0.2) is 4.98 Å². The molecule has 1 N–H and O–H groups in total. The zero-order chi connectivity index (χ0) is 13.7. The van der Waals surface area contributed by atoms with Gasteiger partial charge >= 0.3 is 5.69 Å². The molecule has 1 heterocycles. The summed E-state index contributed by atoms with van der Waals surface area (Å²) in [4.78, 5) is 18.3. The summed E-state index contributed by atoms with van der Waals surface area (Å²) < 4.78 is 5.74. The average molecular weight is 266 g/mol. The molecule has 104 valence electrons. The fraction of sp³-hybridized carbons (Fsp3) is 0.667. The van der Waals surface area contributed by atoms with Crippen LogP contribution in [0.5, 0.6) is 5.88 Å². The van der Waals surface area contributed by atoms with Crippen LogP contribution in [0.4, 0.5) is 11.6 Å². The molecule has 0 bridgehead atoms. The zero-order valence-corrected chi connectivity index (χ0v) is 11.0. The Balaban J connectivity index is 2.18. The molecule has 1 aromatic rings. The fourth-order valence-electron chi connectivity index (χ4n) is 2.21. The van der Waals surface area contributed by atoms with Crippen molar-refractivity contribution in [3.05, 3.63) is 16.3 Å². The molecular weight excluding hydrogens is 248 g/mol. The van der Waals surface area contributed by atoms with Gasteiger partial charge in [0.1, 0.15) is 12.3 Å². The Morgan fingerprint density at radius 1 is 1.37 bits per heavy atom. The Bertz CT molecular complexity index is 445. The molecule has 7 nitrogen and oxygen atoms in total. The highest BCUT2D eigenvalue weighted by Crippen LogP contribution is 2.28. The van der Waals surface area contributed by atoms with Gasteiger partial charge in [0.2, 0.25) is 5.95 Å². The molecule has 0 aliphatic heterocycles. The minimum absolute atomic E-state index is 0.0146. The third-order valence-electron chi connectivity index (χ3n) is 3.24. The maximum Gasteiger partial charge on any atom is 0.349 e. The largest absolute Gasteiger partial charge is 0.469 e. The van der Waals surface area contributed by atoms with Crippen molar-refractivity contribution in [1.82, 2.24) is 9.97 Å². The van der Waals surface area contributed by atoms with Gasteiger partial charge < -0.3 is 10.1 Å². The molecule has 1 aliphatic carbocycles. The van der Waals surface area contributed by atoms with Crippen molar-refractivity contribution in [2.24, 2.45) is 0 Å². The molecule has 7 heteroatoms. The van der Waals surface area contributed by atoms with E-state index in [0.717, 1.165) is 25.7 Å². The van der Waals surface area contributed by atoms with Gasteiger partial charge in [-0.15, -0.1) is 0 Å². The van der Waals surface area contributed by atoms with Gasteiger partial charge in [-0.3, -0.25) is 10.1 Å². The molecule has 0 radical (unpaired) electrons. The topological polar surface area (TPSA) is 90.2 Å². The van der Waals surface area contributed by atoms with E-state index in [2.05, 4.69) is 15.3 Å². The lowest BCUT2D eigenvalue weighted by Crippen LogP contribution is -2.17. The number of aromatic nitrogens is 2. The molecule has 0 atom stereocenters. The molecule has 0 aromatic carbocycles. The number of ether oxygens (including phenoxy) is 1. The van der Waals surface area contributed by atoms with Gasteiger partial charge in [0.25, 0.3) is 5.88 Å². The number of nitrogens with zero attached hydrogens (tertiary/aromatic N) is 3. The van der Waals surface area contributed by atoms with Gasteiger partial charge in [0, 0.05) is 7.05 Å². The Labute approximate surface area is 111 Å². The van der Waals surface area contributed by atoms with Crippen LogP contribution in [-0.2, 0) is 0 Å². The first-order valence-corrected chi connectivity index (χ1v) is 6.56. The highest BCUT2D eigenvalue weighted by molar-refractivity contribution is 5.43. The first-order valence-electron chi connectivity index (χ1n) is 6.56. The molecule has 2 rings (SSSR count). The van der Waals surface area contributed by atoms with Crippen LogP contribution < -0.4 is 10.1 Å². The molecule has 0 unspecified atom stereocenters. The zero-order valence-electron chi connectivity index (χ0n) is 11.0. The van der Waals surface area contributed by atoms with Crippen LogP contribution in [-0.4, -0.2) is 28.0 Å². The lowest BCUT2D eigenvalue weighted by Gasteiger charge is -2.16. The number of nitrogens with one attached hydrogen (secondary N) is 1. The summed E-state index contributed by atoms with van der Waals surface area (Å²) in [5.41, 5.74) is -0.178. The normalized spacial score (nSPS) is 16.7. The van der Waals surface area contributed by atoms with Crippen molar-refractivity contribution in [3.63, 3.8) is 0 Å². The van der Waals surface area contributed by atoms with Crippen LogP contribution in [0.2, 0.25) is 0 Å². The van der Waals surface area contributed by atoms with E-state index in [0.29, 0.717) is 5.95 Å². The predicted octanol–water partition coefficient (Wildman–Crippen LogP) is 2.53. The van der Waals surface area contributed by atoms with E-state index in [1.807, 2.05) is 0 Å². The van der Waals surface area contributed by atoms with E-state index < -0.39 is 4.92 Å². The summed E-state index contributed by atoms with van der Waals surface area (Å²) >= 11 is 0. The number of nitro groups is 1. The van der Waals surface area contributed by atoms with Crippen LogP contribution in [0.25, 0.3) is 0 Å². The Morgan fingerprint density at radius 3 is 2.63 bits per heavy atom. The minimum Gasteiger partial charge on any atom is -0.469 e. The van der Waals surface area contributed by atoms with Crippen LogP contribution in [0, 0.1) is 10.1 Å². The van der Waals surface area contributed by atoms with Crippen molar-refractivity contribution in [3.8, 4) is 5.88 Å². The molecule has 0 spiro atoms. The van der Waals surface area contributed by atoms with Gasteiger partial charge in [-0.05, 0) is 25.7 Å². The first-order chi connectivity index (χ1) is 9.20. The Hall–Kier alpha value is -1.92. The molecule has 1 aliphatic rings. The Kier molecular flexibility index (Phi) is 4.48. The van der Waals surface area contributed by atoms with E-state index in [1.54, 1.807) is 7.05 Å². The standard InChI is InChI=1S/C12H18N4O3/c1-13-12-14-8-10(16(17)18)11(15-12)19-9-6-4-2-3-5-7-9/h8-9H,2-7H2,1H3,(H,13,14,15). The quantitative estimate of drug-likeness (QED) is 0.511. The number of hydrogen-bond acceptors (Lipinski definition) is 6.